The highest BCUT2D eigenvalue weighted by atomic mass is 19.4. The minimum Gasteiger partial charge on any atom is -0.498 e. The quantitative estimate of drug-likeness (QED) is 0.607. The lowest BCUT2D eigenvalue weighted by atomic mass is 9.67. The number of likely N-dealkylation sites (N-methyl/N-ethyl adjacent to an activating group) is 1. The third-order valence-electron chi connectivity index (χ3n) is 3.46. The van der Waals surface area contributed by atoms with Gasteiger partial charge in [0.25, 0.3) is 0 Å². The van der Waals surface area contributed by atoms with E-state index in [9.17, 15) is 31.5 Å². The second kappa shape index (κ2) is 7.38. The Kier molecular flexibility index (Phi) is 5.66. The van der Waals surface area contributed by atoms with Gasteiger partial charge in [-0.25, -0.2) is 8.78 Å². The first-order chi connectivity index (χ1) is 11.6. The van der Waals surface area contributed by atoms with Crippen LogP contribution < -0.4 is 0 Å². The molecule has 0 radical (unpaired) electrons. The van der Waals surface area contributed by atoms with Crippen molar-refractivity contribution in [3.05, 3.63) is 35.4 Å². The van der Waals surface area contributed by atoms with Gasteiger partial charge in [0.05, 0.1) is 18.7 Å². The third-order valence-corrected chi connectivity index (χ3v) is 3.46. The lowest BCUT2D eigenvalue weighted by Crippen LogP contribution is -2.46. The van der Waals surface area contributed by atoms with Crippen LogP contribution in [0.2, 0.25) is 0 Å². The van der Waals surface area contributed by atoms with Gasteiger partial charge in [0.2, 0.25) is 6.43 Å². The average molecular weight is 365 g/mol. The maximum atomic E-state index is 13.5. The van der Waals surface area contributed by atoms with Crippen LogP contribution in [0.1, 0.15) is 16.9 Å². The summed E-state index contributed by atoms with van der Waals surface area (Å²) in [6.45, 7) is -0.686. The Morgan fingerprint density at radius 3 is 2.16 bits per heavy atom. The molecule has 0 spiro atoms. The summed E-state index contributed by atoms with van der Waals surface area (Å²) in [5.74, 6) is -3.91. The molecule has 1 unspecified atom stereocenters. The highest BCUT2D eigenvalue weighted by Crippen LogP contribution is 2.34. The van der Waals surface area contributed by atoms with Crippen LogP contribution in [0.5, 0.6) is 0 Å². The molecule has 2 rings (SSSR count). The van der Waals surface area contributed by atoms with Crippen LogP contribution in [-0.2, 0) is 25.1 Å². The molecule has 0 aromatic heterocycles. The van der Waals surface area contributed by atoms with Crippen LogP contribution in [0.4, 0.5) is 22.0 Å². The molecule has 136 valence electrons. The fourth-order valence-electron chi connectivity index (χ4n) is 2.34. The number of carbonyl (C=O) groups is 2. The summed E-state index contributed by atoms with van der Waals surface area (Å²) in [7, 11) is -0.600. The minimum atomic E-state index is -4.74. The van der Waals surface area contributed by atoms with Gasteiger partial charge in [-0.2, -0.15) is 13.2 Å². The van der Waals surface area contributed by atoms with Crippen LogP contribution in [0.25, 0.3) is 0 Å². The molecular formula is C14H13BF5NO4. The Labute approximate surface area is 139 Å². The molecule has 11 heteroatoms. The number of rotatable bonds is 3. The molecular weight excluding hydrogens is 352 g/mol. The SMILES string of the molecule is CN1CC(=O)OB(C(c2cccc(C(F)(F)F)c2)C(F)F)OC(=O)C1. The summed E-state index contributed by atoms with van der Waals surface area (Å²) in [5, 5.41) is 0. The first kappa shape index (κ1) is 19.2. The molecule has 1 heterocycles. The fraction of sp³-hybridized carbons (Fsp3) is 0.429. The Balaban J connectivity index is 2.36. The van der Waals surface area contributed by atoms with Crippen molar-refractivity contribution in [2.24, 2.45) is 0 Å². The van der Waals surface area contributed by atoms with Gasteiger partial charge in [0.15, 0.2) is 0 Å². The molecule has 0 saturated carbocycles. The summed E-state index contributed by atoms with van der Waals surface area (Å²) < 4.78 is 74.9. The van der Waals surface area contributed by atoms with Crippen LogP contribution in [-0.4, -0.2) is 50.5 Å². The molecule has 0 N–H and O–H groups in total. The van der Waals surface area contributed by atoms with Crippen molar-refractivity contribution in [3.63, 3.8) is 0 Å². The highest BCUT2D eigenvalue weighted by Gasteiger charge is 2.46. The van der Waals surface area contributed by atoms with E-state index in [1.165, 1.54) is 11.9 Å². The van der Waals surface area contributed by atoms with Gasteiger partial charge in [-0.15, -0.1) is 0 Å². The van der Waals surface area contributed by atoms with Crippen molar-refractivity contribution in [1.82, 2.24) is 4.90 Å². The molecule has 25 heavy (non-hydrogen) atoms. The Morgan fingerprint density at radius 1 is 1.12 bits per heavy atom. The second-order valence-electron chi connectivity index (χ2n) is 5.50. The van der Waals surface area contributed by atoms with Crippen molar-refractivity contribution in [2.45, 2.75) is 18.4 Å². The Morgan fingerprint density at radius 2 is 1.68 bits per heavy atom. The smallest absolute Gasteiger partial charge is 0.498 e. The van der Waals surface area contributed by atoms with E-state index < -0.39 is 48.6 Å². The zero-order valence-electron chi connectivity index (χ0n) is 12.9. The largest absolute Gasteiger partial charge is 0.612 e. The lowest BCUT2D eigenvalue weighted by Gasteiger charge is -2.27. The normalized spacial score (nSPS) is 18.4. The maximum absolute atomic E-state index is 13.5. The number of nitrogens with zero attached hydrogens (tertiary/aromatic N) is 1. The van der Waals surface area contributed by atoms with E-state index >= 15 is 0 Å². The molecule has 1 fully saturated rings. The first-order valence-corrected chi connectivity index (χ1v) is 7.10. The van der Waals surface area contributed by atoms with Crippen LogP contribution >= 0.6 is 0 Å². The van der Waals surface area contributed by atoms with E-state index in [1.54, 1.807) is 0 Å². The van der Waals surface area contributed by atoms with Crippen LogP contribution in [0.15, 0.2) is 24.3 Å². The number of halogens is 5. The van der Waals surface area contributed by atoms with Gasteiger partial charge in [-0.3, -0.25) is 14.5 Å². The summed E-state index contributed by atoms with van der Waals surface area (Å²) >= 11 is 0. The third kappa shape index (κ3) is 4.91. The maximum Gasteiger partial charge on any atom is 0.612 e. The molecule has 0 amide bonds. The van der Waals surface area contributed by atoms with Gasteiger partial charge in [-0.05, 0) is 18.7 Å². The van der Waals surface area contributed by atoms with Crippen molar-refractivity contribution >= 4 is 19.1 Å². The van der Waals surface area contributed by atoms with Crippen molar-refractivity contribution in [2.75, 3.05) is 20.1 Å². The number of alkyl halides is 5. The molecule has 0 bridgehead atoms. The van der Waals surface area contributed by atoms with E-state index in [1.807, 2.05) is 0 Å². The summed E-state index contributed by atoms with van der Waals surface area (Å²) in [5.41, 5.74) is -1.59. The highest BCUT2D eigenvalue weighted by molar-refractivity contribution is 6.51. The molecule has 1 atom stereocenters. The lowest BCUT2D eigenvalue weighted by molar-refractivity contribution is -0.146. The molecule has 5 nitrogen and oxygen atoms in total. The number of carbonyl (C=O) groups excluding carboxylic acids is 2. The van der Waals surface area contributed by atoms with Gasteiger partial charge in [0, 0.05) is 0 Å². The van der Waals surface area contributed by atoms with Crippen molar-refractivity contribution in [1.29, 1.82) is 0 Å². The molecule has 1 aromatic carbocycles. The summed E-state index contributed by atoms with van der Waals surface area (Å²) in [6.07, 6.45) is -7.97. The standard InChI is InChI=1S/C14H13BF5NO4/c1-21-6-10(22)24-15(25-11(23)7-21)12(13(16)17)8-3-2-4-9(5-8)14(18,19)20/h2-5,12-13H,6-7H2,1H3. The molecule has 1 aliphatic rings. The van der Waals surface area contributed by atoms with Gasteiger partial charge < -0.3 is 9.31 Å². The zero-order chi connectivity index (χ0) is 18.8. The van der Waals surface area contributed by atoms with E-state index in [0.717, 1.165) is 18.2 Å². The molecule has 1 saturated heterocycles. The number of hydrogen-bond acceptors (Lipinski definition) is 5. The predicted molar refractivity (Wildman–Crippen MR) is 75.6 cm³/mol. The second-order valence-corrected chi connectivity index (χ2v) is 5.50. The molecule has 0 aliphatic carbocycles. The molecule has 1 aliphatic heterocycles. The zero-order valence-corrected chi connectivity index (χ0v) is 12.9. The Bertz CT molecular complexity index is 634. The van der Waals surface area contributed by atoms with Gasteiger partial charge >= 0.3 is 25.2 Å². The van der Waals surface area contributed by atoms with E-state index in [-0.39, 0.29) is 13.1 Å². The number of hydrogen-bond donors (Lipinski definition) is 0. The van der Waals surface area contributed by atoms with Crippen LogP contribution in [0, 0.1) is 0 Å². The van der Waals surface area contributed by atoms with Gasteiger partial charge in [-0.1, -0.05) is 18.2 Å². The predicted octanol–water partition coefficient (Wildman–Crippen LogP) is 2.11. The average Bonchev–Trinajstić information content (AvgIpc) is 2.44. The molecule has 1 aromatic rings. The minimum absolute atomic E-state index is 0.343. The Hall–Kier alpha value is -2.17. The van der Waals surface area contributed by atoms with E-state index in [0.29, 0.717) is 6.07 Å². The summed E-state index contributed by atoms with van der Waals surface area (Å²) in [4.78, 5) is 24.6. The summed E-state index contributed by atoms with van der Waals surface area (Å²) in [6, 6.07) is 3.22. The van der Waals surface area contributed by atoms with E-state index in [4.69, 9.17) is 9.31 Å². The number of benzene rings is 1. The van der Waals surface area contributed by atoms with Crippen LogP contribution in [0.3, 0.4) is 0 Å². The van der Waals surface area contributed by atoms with Crippen molar-refractivity contribution in [3.8, 4) is 0 Å². The van der Waals surface area contributed by atoms with Gasteiger partial charge in [0.1, 0.15) is 5.82 Å². The van der Waals surface area contributed by atoms with E-state index in [2.05, 4.69) is 0 Å². The monoisotopic (exact) mass is 365 g/mol. The van der Waals surface area contributed by atoms with Crippen molar-refractivity contribution < 1.29 is 40.8 Å². The fourth-order valence-corrected chi connectivity index (χ4v) is 2.34. The first-order valence-electron chi connectivity index (χ1n) is 7.10. The topological polar surface area (TPSA) is 55.8 Å².